The zero-order chi connectivity index (χ0) is 13.4. The first-order chi connectivity index (χ1) is 8.63. The van der Waals surface area contributed by atoms with Crippen molar-refractivity contribution in [3.05, 3.63) is 35.9 Å². The molecule has 1 aromatic rings. The molecule has 0 aliphatic heterocycles. The van der Waals surface area contributed by atoms with E-state index in [0.717, 1.165) is 5.92 Å². The molecule has 2 atom stereocenters. The summed E-state index contributed by atoms with van der Waals surface area (Å²) in [7, 11) is 0. The lowest BCUT2D eigenvalue weighted by atomic mass is 9.96. The van der Waals surface area contributed by atoms with Crippen LogP contribution in [0.4, 0.5) is 0 Å². The maximum Gasteiger partial charge on any atom is 0.0324 e. The molecule has 102 valence electrons. The van der Waals surface area contributed by atoms with E-state index in [-0.39, 0.29) is 0 Å². The van der Waals surface area contributed by atoms with Gasteiger partial charge < -0.3 is 5.32 Å². The van der Waals surface area contributed by atoms with Gasteiger partial charge in [0.05, 0.1) is 0 Å². The van der Waals surface area contributed by atoms with Crippen molar-refractivity contribution >= 4 is 11.8 Å². The Morgan fingerprint density at radius 2 is 1.78 bits per heavy atom. The molecule has 0 bridgehead atoms. The lowest BCUT2D eigenvalue weighted by Crippen LogP contribution is -2.31. The maximum atomic E-state index is 3.79. The minimum atomic E-state index is 0.489. The van der Waals surface area contributed by atoms with Crippen molar-refractivity contribution in [3.63, 3.8) is 0 Å². The average molecular weight is 265 g/mol. The van der Waals surface area contributed by atoms with Crippen LogP contribution in [-0.2, 0) is 0 Å². The number of hydrogen-bond donors (Lipinski definition) is 1. The summed E-state index contributed by atoms with van der Waals surface area (Å²) in [6.07, 6.45) is 4.62. The molecule has 0 fully saturated rings. The summed E-state index contributed by atoms with van der Waals surface area (Å²) < 4.78 is 0. The summed E-state index contributed by atoms with van der Waals surface area (Å²) in [5, 5.41) is 3.79. The fourth-order valence-corrected chi connectivity index (χ4v) is 2.77. The molecule has 0 aromatic heterocycles. The molecular weight excluding hydrogens is 238 g/mol. The highest BCUT2D eigenvalue weighted by molar-refractivity contribution is 7.98. The van der Waals surface area contributed by atoms with Gasteiger partial charge in [0.2, 0.25) is 0 Å². The van der Waals surface area contributed by atoms with Crippen LogP contribution in [0.3, 0.4) is 0 Å². The van der Waals surface area contributed by atoms with E-state index in [0.29, 0.717) is 12.1 Å². The van der Waals surface area contributed by atoms with Crippen LogP contribution in [0.15, 0.2) is 30.3 Å². The zero-order valence-corrected chi connectivity index (χ0v) is 13.0. The van der Waals surface area contributed by atoms with Crippen molar-refractivity contribution in [2.75, 3.05) is 12.0 Å². The first-order valence-corrected chi connectivity index (χ1v) is 8.32. The van der Waals surface area contributed by atoms with E-state index >= 15 is 0 Å². The van der Waals surface area contributed by atoms with Crippen molar-refractivity contribution in [1.29, 1.82) is 0 Å². The molecule has 0 radical (unpaired) electrons. The van der Waals surface area contributed by atoms with Crippen LogP contribution in [-0.4, -0.2) is 18.1 Å². The second-order valence-electron chi connectivity index (χ2n) is 5.44. The first kappa shape index (κ1) is 15.6. The molecule has 0 saturated carbocycles. The van der Waals surface area contributed by atoms with Gasteiger partial charge >= 0.3 is 0 Å². The minimum Gasteiger partial charge on any atom is -0.307 e. The van der Waals surface area contributed by atoms with Gasteiger partial charge in [0.25, 0.3) is 0 Å². The molecule has 0 aliphatic carbocycles. The first-order valence-electron chi connectivity index (χ1n) is 6.93. The molecule has 1 N–H and O–H groups in total. The van der Waals surface area contributed by atoms with E-state index in [2.05, 4.69) is 62.7 Å². The molecule has 0 aliphatic rings. The molecular formula is C16H27NS. The fraction of sp³-hybridized carbons (Fsp3) is 0.625. The third-order valence-corrected chi connectivity index (χ3v) is 3.79. The largest absolute Gasteiger partial charge is 0.307 e. The Morgan fingerprint density at radius 3 is 2.33 bits per heavy atom. The van der Waals surface area contributed by atoms with Gasteiger partial charge in [-0.2, -0.15) is 11.8 Å². The summed E-state index contributed by atoms with van der Waals surface area (Å²) in [5.41, 5.74) is 1.42. The third kappa shape index (κ3) is 5.92. The molecule has 2 heteroatoms. The number of hydrogen-bond acceptors (Lipinski definition) is 2. The Hall–Kier alpha value is -0.470. The maximum absolute atomic E-state index is 3.79. The van der Waals surface area contributed by atoms with E-state index in [1.54, 1.807) is 0 Å². The second-order valence-corrected chi connectivity index (χ2v) is 6.43. The summed E-state index contributed by atoms with van der Waals surface area (Å²) in [4.78, 5) is 0. The zero-order valence-electron chi connectivity index (χ0n) is 12.1. The van der Waals surface area contributed by atoms with Crippen LogP contribution in [0.1, 0.15) is 45.2 Å². The van der Waals surface area contributed by atoms with Gasteiger partial charge in [-0.1, -0.05) is 44.2 Å². The van der Waals surface area contributed by atoms with E-state index in [1.165, 1.54) is 24.2 Å². The Balaban J connectivity index is 2.61. The number of nitrogens with one attached hydrogen (secondary N) is 1. The summed E-state index contributed by atoms with van der Waals surface area (Å²) >= 11 is 1.93. The fourth-order valence-electron chi connectivity index (χ4n) is 2.18. The lowest BCUT2D eigenvalue weighted by Gasteiger charge is -2.25. The van der Waals surface area contributed by atoms with Gasteiger partial charge in [0, 0.05) is 12.1 Å². The Morgan fingerprint density at radius 1 is 1.11 bits per heavy atom. The quantitative estimate of drug-likeness (QED) is 0.742. The molecule has 18 heavy (non-hydrogen) atoms. The Bertz CT molecular complexity index is 310. The van der Waals surface area contributed by atoms with Crippen LogP contribution >= 0.6 is 11.8 Å². The highest BCUT2D eigenvalue weighted by atomic mass is 32.2. The average Bonchev–Trinajstić information content (AvgIpc) is 2.36. The molecule has 1 rings (SSSR count). The topological polar surface area (TPSA) is 12.0 Å². The van der Waals surface area contributed by atoms with Crippen LogP contribution in [0.2, 0.25) is 0 Å². The van der Waals surface area contributed by atoms with Crippen molar-refractivity contribution < 1.29 is 0 Å². The van der Waals surface area contributed by atoms with E-state index in [1.807, 2.05) is 11.8 Å². The van der Waals surface area contributed by atoms with Gasteiger partial charge in [0.1, 0.15) is 0 Å². The minimum absolute atomic E-state index is 0.489. The standard InChI is InChI=1S/C16H27NS/c1-13(2)12-16(15-8-6-5-7-9-15)17-14(3)10-11-18-4/h5-9,13-14,16-17H,10-12H2,1-4H3. The summed E-state index contributed by atoms with van der Waals surface area (Å²) in [6.45, 7) is 6.89. The van der Waals surface area contributed by atoms with Crippen LogP contribution in [0.25, 0.3) is 0 Å². The normalized spacial score (nSPS) is 14.7. The molecule has 2 unspecified atom stereocenters. The van der Waals surface area contributed by atoms with E-state index < -0.39 is 0 Å². The molecule has 0 heterocycles. The number of thioether (sulfide) groups is 1. The number of benzene rings is 1. The Kier molecular flexibility index (Phi) is 7.45. The number of rotatable bonds is 8. The monoisotopic (exact) mass is 265 g/mol. The predicted molar refractivity (Wildman–Crippen MR) is 84.2 cm³/mol. The highest BCUT2D eigenvalue weighted by Crippen LogP contribution is 2.22. The van der Waals surface area contributed by atoms with Gasteiger partial charge in [0.15, 0.2) is 0 Å². The van der Waals surface area contributed by atoms with Gasteiger partial charge in [-0.05, 0) is 43.3 Å². The van der Waals surface area contributed by atoms with Crippen LogP contribution < -0.4 is 5.32 Å². The lowest BCUT2D eigenvalue weighted by molar-refractivity contribution is 0.385. The van der Waals surface area contributed by atoms with Crippen LogP contribution in [0.5, 0.6) is 0 Å². The molecule has 1 nitrogen and oxygen atoms in total. The molecule has 1 aromatic carbocycles. The van der Waals surface area contributed by atoms with Gasteiger partial charge in [-0.15, -0.1) is 0 Å². The van der Waals surface area contributed by atoms with Crippen LogP contribution in [0, 0.1) is 5.92 Å². The highest BCUT2D eigenvalue weighted by Gasteiger charge is 2.15. The van der Waals surface area contributed by atoms with Crippen molar-refractivity contribution in [2.45, 2.75) is 45.7 Å². The second kappa shape index (κ2) is 8.60. The van der Waals surface area contributed by atoms with Gasteiger partial charge in [-0.25, -0.2) is 0 Å². The third-order valence-electron chi connectivity index (χ3n) is 3.15. The summed E-state index contributed by atoms with van der Waals surface area (Å²) in [5.74, 6) is 1.95. The Labute approximate surface area is 117 Å². The van der Waals surface area contributed by atoms with E-state index in [4.69, 9.17) is 0 Å². The SMILES string of the molecule is CSCCC(C)NC(CC(C)C)c1ccccc1. The van der Waals surface area contributed by atoms with E-state index in [9.17, 15) is 0 Å². The van der Waals surface area contributed by atoms with Crippen molar-refractivity contribution in [1.82, 2.24) is 5.32 Å². The molecule has 0 saturated heterocycles. The summed E-state index contributed by atoms with van der Waals surface area (Å²) in [6, 6.07) is 11.9. The molecule has 0 spiro atoms. The smallest absolute Gasteiger partial charge is 0.0324 e. The van der Waals surface area contributed by atoms with Crippen molar-refractivity contribution in [3.8, 4) is 0 Å². The van der Waals surface area contributed by atoms with Crippen molar-refractivity contribution in [2.24, 2.45) is 5.92 Å². The molecule has 0 amide bonds. The predicted octanol–water partition coefficient (Wildman–Crippen LogP) is 4.51. The van der Waals surface area contributed by atoms with Gasteiger partial charge in [-0.3, -0.25) is 0 Å².